The first-order chi connectivity index (χ1) is 8.79. The first-order valence-corrected chi connectivity index (χ1v) is 6.62. The van der Waals surface area contributed by atoms with Gasteiger partial charge in [0.05, 0.1) is 6.54 Å². The van der Waals surface area contributed by atoms with Crippen molar-refractivity contribution in [2.75, 3.05) is 0 Å². The van der Waals surface area contributed by atoms with Gasteiger partial charge in [-0.25, -0.2) is 4.98 Å². The van der Waals surface area contributed by atoms with Gasteiger partial charge >= 0.3 is 0 Å². The molecule has 0 amide bonds. The molecule has 18 heavy (non-hydrogen) atoms. The number of nitrogens with one attached hydrogen (secondary N) is 1. The highest BCUT2D eigenvalue weighted by Gasteiger charge is 2.01. The normalized spacial score (nSPS) is 10.8. The molecule has 1 aromatic carbocycles. The van der Waals surface area contributed by atoms with Crippen molar-refractivity contribution < 1.29 is 0 Å². The summed E-state index contributed by atoms with van der Waals surface area (Å²) in [7, 11) is 0. The highest BCUT2D eigenvalue weighted by Crippen LogP contribution is 2.09. The van der Waals surface area contributed by atoms with E-state index in [1.807, 2.05) is 36.7 Å². The van der Waals surface area contributed by atoms with E-state index in [1.165, 1.54) is 5.56 Å². The Morgan fingerprint density at radius 3 is 2.72 bits per heavy atom. The van der Waals surface area contributed by atoms with Gasteiger partial charge in [0.1, 0.15) is 5.82 Å². The van der Waals surface area contributed by atoms with E-state index in [-0.39, 0.29) is 0 Å². The second-order valence-corrected chi connectivity index (χ2v) is 4.70. The number of halogens is 1. The van der Waals surface area contributed by atoms with Gasteiger partial charge in [-0.2, -0.15) is 0 Å². The summed E-state index contributed by atoms with van der Waals surface area (Å²) in [5, 5.41) is 4.17. The molecular weight excluding hydrogens is 246 g/mol. The van der Waals surface area contributed by atoms with Crippen LogP contribution in [0.25, 0.3) is 0 Å². The summed E-state index contributed by atoms with van der Waals surface area (Å²) in [5.74, 6) is 1.09. The zero-order valence-corrected chi connectivity index (χ0v) is 11.3. The minimum atomic E-state index is 0.775. The fraction of sp³-hybridized carbons (Fsp3) is 0.357. The van der Waals surface area contributed by atoms with E-state index in [2.05, 4.69) is 21.8 Å². The predicted molar refractivity (Wildman–Crippen MR) is 74.5 cm³/mol. The molecule has 0 radical (unpaired) electrons. The van der Waals surface area contributed by atoms with Gasteiger partial charge in [0.2, 0.25) is 0 Å². The monoisotopic (exact) mass is 263 g/mol. The first kappa shape index (κ1) is 13.1. The SMILES string of the molecule is CCCn1ccnc1CNCc1ccc(Cl)cc1. The zero-order chi connectivity index (χ0) is 12.8. The van der Waals surface area contributed by atoms with E-state index in [0.717, 1.165) is 36.9 Å². The Bertz CT molecular complexity index is 476. The summed E-state index contributed by atoms with van der Waals surface area (Å²) in [6.07, 6.45) is 5.01. The Hall–Kier alpha value is -1.32. The van der Waals surface area contributed by atoms with E-state index in [4.69, 9.17) is 11.6 Å². The molecule has 1 heterocycles. The molecular formula is C14H18ClN3. The van der Waals surface area contributed by atoms with Gasteiger partial charge in [0.25, 0.3) is 0 Å². The summed E-state index contributed by atoms with van der Waals surface area (Å²) in [4.78, 5) is 4.36. The first-order valence-electron chi connectivity index (χ1n) is 6.24. The molecule has 1 aromatic heterocycles. The molecule has 0 saturated carbocycles. The quantitative estimate of drug-likeness (QED) is 0.867. The maximum absolute atomic E-state index is 5.85. The maximum Gasteiger partial charge on any atom is 0.122 e. The third-order valence-electron chi connectivity index (χ3n) is 2.79. The second-order valence-electron chi connectivity index (χ2n) is 4.27. The minimum Gasteiger partial charge on any atom is -0.334 e. The topological polar surface area (TPSA) is 29.9 Å². The number of rotatable bonds is 6. The molecule has 0 fully saturated rings. The van der Waals surface area contributed by atoms with Crippen LogP contribution in [-0.4, -0.2) is 9.55 Å². The van der Waals surface area contributed by atoms with Crippen molar-refractivity contribution in [2.45, 2.75) is 33.0 Å². The summed E-state index contributed by atoms with van der Waals surface area (Å²) in [6, 6.07) is 7.90. The average Bonchev–Trinajstić information content (AvgIpc) is 2.80. The smallest absolute Gasteiger partial charge is 0.122 e. The minimum absolute atomic E-state index is 0.775. The van der Waals surface area contributed by atoms with Crippen LogP contribution in [0.2, 0.25) is 5.02 Å². The molecule has 1 N–H and O–H groups in total. The lowest BCUT2D eigenvalue weighted by Crippen LogP contribution is -2.16. The van der Waals surface area contributed by atoms with Crippen molar-refractivity contribution in [3.8, 4) is 0 Å². The van der Waals surface area contributed by atoms with Crippen molar-refractivity contribution in [3.63, 3.8) is 0 Å². The van der Waals surface area contributed by atoms with Crippen molar-refractivity contribution in [3.05, 3.63) is 53.1 Å². The molecule has 0 aliphatic rings. The summed E-state index contributed by atoms with van der Waals surface area (Å²) in [6.45, 7) is 4.81. The van der Waals surface area contributed by atoms with Gasteiger partial charge in [-0.05, 0) is 24.1 Å². The molecule has 0 unspecified atom stereocenters. The Labute approximate surface area is 113 Å². The van der Waals surface area contributed by atoms with Gasteiger partial charge < -0.3 is 9.88 Å². The van der Waals surface area contributed by atoms with Gasteiger partial charge in [-0.15, -0.1) is 0 Å². The van der Waals surface area contributed by atoms with Crippen LogP contribution >= 0.6 is 11.6 Å². The van der Waals surface area contributed by atoms with Crippen molar-refractivity contribution in [1.82, 2.24) is 14.9 Å². The highest BCUT2D eigenvalue weighted by atomic mass is 35.5. The molecule has 0 bridgehead atoms. The Morgan fingerprint density at radius 1 is 1.22 bits per heavy atom. The summed E-state index contributed by atoms with van der Waals surface area (Å²) in [5.41, 5.74) is 1.23. The molecule has 0 aliphatic heterocycles. The number of hydrogen-bond acceptors (Lipinski definition) is 2. The number of aryl methyl sites for hydroxylation is 1. The van der Waals surface area contributed by atoms with Gasteiger partial charge in [-0.1, -0.05) is 30.7 Å². The van der Waals surface area contributed by atoms with Crippen molar-refractivity contribution >= 4 is 11.6 Å². The number of benzene rings is 1. The number of nitrogens with zero attached hydrogens (tertiary/aromatic N) is 2. The summed E-state index contributed by atoms with van der Waals surface area (Å²) < 4.78 is 2.19. The fourth-order valence-corrected chi connectivity index (χ4v) is 2.00. The van der Waals surface area contributed by atoms with Crippen LogP contribution in [-0.2, 0) is 19.6 Å². The highest BCUT2D eigenvalue weighted by molar-refractivity contribution is 6.30. The number of imidazole rings is 1. The van der Waals surface area contributed by atoms with Crippen LogP contribution in [0, 0.1) is 0 Å². The van der Waals surface area contributed by atoms with Crippen molar-refractivity contribution in [1.29, 1.82) is 0 Å². The van der Waals surface area contributed by atoms with E-state index in [0.29, 0.717) is 0 Å². The lowest BCUT2D eigenvalue weighted by atomic mass is 10.2. The zero-order valence-electron chi connectivity index (χ0n) is 10.6. The van der Waals surface area contributed by atoms with E-state index in [9.17, 15) is 0 Å². The van der Waals surface area contributed by atoms with E-state index < -0.39 is 0 Å². The van der Waals surface area contributed by atoms with Gasteiger partial charge in [0, 0.05) is 30.5 Å². The van der Waals surface area contributed by atoms with Gasteiger partial charge in [0.15, 0.2) is 0 Å². The average molecular weight is 264 g/mol. The number of aromatic nitrogens is 2. The molecule has 0 aliphatic carbocycles. The molecule has 4 heteroatoms. The van der Waals surface area contributed by atoms with Crippen LogP contribution in [0.1, 0.15) is 24.7 Å². The molecule has 0 atom stereocenters. The lowest BCUT2D eigenvalue weighted by Gasteiger charge is -2.08. The van der Waals surface area contributed by atoms with E-state index in [1.54, 1.807) is 0 Å². The van der Waals surface area contributed by atoms with Gasteiger partial charge in [-0.3, -0.25) is 0 Å². The molecule has 3 nitrogen and oxygen atoms in total. The maximum atomic E-state index is 5.85. The Kier molecular flexibility index (Phi) is 4.79. The largest absolute Gasteiger partial charge is 0.334 e. The van der Waals surface area contributed by atoms with Crippen LogP contribution in [0.4, 0.5) is 0 Å². The molecule has 0 spiro atoms. The Balaban J connectivity index is 1.84. The van der Waals surface area contributed by atoms with Crippen LogP contribution in [0.3, 0.4) is 0 Å². The summed E-state index contributed by atoms with van der Waals surface area (Å²) >= 11 is 5.85. The third kappa shape index (κ3) is 3.59. The third-order valence-corrected chi connectivity index (χ3v) is 3.04. The van der Waals surface area contributed by atoms with Crippen LogP contribution in [0.5, 0.6) is 0 Å². The molecule has 0 saturated heterocycles. The lowest BCUT2D eigenvalue weighted by molar-refractivity contribution is 0.588. The number of hydrogen-bond donors (Lipinski definition) is 1. The second kappa shape index (κ2) is 6.57. The standard InChI is InChI=1S/C14H18ClN3/c1-2-8-18-9-7-17-14(18)11-16-10-12-3-5-13(15)6-4-12/h3-7,9,16H,2,8,10-11H2,1H3. The molecule has 2 rings (SSSR count). The van der Waals surface area contributed by atoms with Crippen LogP contribution < -0.4 is 5.32 Å². The van der Waals surface area contributed by atoms with E-state index >= 15 is 0 Å². The fourth-order valence-electron chi connectivity index (χ4n) is 1.87. The molecule has 2 aromatic rings. The van der Waals surface area contributed by atoms with Crippen LogP contribution in [0.15, 0.2) is 36.7 Å². The Morgan fingerprint density at radius 2 is 2.00 bits per heavy atom. The predicted octanol–water partition coefficient (Wildman–Crippen LogP) is 3.24. The molecule has 96 valence electrons. The van der Waals surface area contributed by atoms with Crippen molar-refractivity contribution in [2.24, 2.45) is 0 Å².